The molecule has 0 bridgehead atoms. The highest BCUT2D eigenvalue weighted by molar-refractivity contribution is 5.87. The van der Waals surface area contributed by atoms with Crippen LogP contribution in [0.2, 0.25) is 0 Å². The number of unbranched alkanes of at least 4 members (excludes halogenated alkanes) is 3. The fourth-order valence-corrected chi connectivity index (χ4v) is 1.18. The molecule has 21 heavy (non-hydrogen) atoms. The Kier molecular flexibility index (Phi) is 18.1. The van der Waals surface area contributed by atoms with Crippen molar-refractivity contribution in [3.8, 4) is 6.07 Å². The summed E-state index contributed by atoms with van der Waals surface area (Å²) < 4.78 is 5.00. The monoisotopic (exact) mass is 289 g/mol. The third-order valence-corrected chi connectivity index (χ3v) is 2.48. The van der Waals surface area contributed by atoms with E-state index in [1.54, 1.807) is 24.3 Å². The van der Waals surface area contributed by atoms with Crippen molar-refractivity contribution in [2.24, 2.45) is 0 Å². The molecule has 0 aliphatic carbocycles. The molecule has 0 heterocycles. The van der Waals surface area contributed by atoms with Crippen LogP contribution >= 0.6 is 0 Å². The van der Waals surface area contributed by atoms with Crippen LogP contribution in [0.15, 0.2) is 49.1 Å². The van der Waals surface area contributed by atoms with Gasteiger partial charge in [0.1, 0.15) is 0 Å². The molecule has 0 aromatic heterocycles. The Morgan fingerprint density at radius 2 is 1.90 bits per heavy atom. The summed E-state index contributed by atoms with van der Waals surface area (Å²) in [6, 6.07) is 1.86. The first-order valence-electron chi connectivity index (χ1n) is 7.32. The van der Waals surface area contributed by atoms with Gasteiger partial charge in [-0.05, 0) is 12.8 Å². The van der Waals surface area contributed by atoms with Gasteiger partial charge < -0.3 is 4.74 Å². The van der Waals surface area contributed by atoms with Crippen LogP contribution in [0.5, 0.6) is 0 Å². The Morgan fingerprint density at radius 1 is 1.19 bits per heavy atom. The van der Waals surface area contributed by atoms with E-state index in [1.165, 1.54) is 18.9 Å². The SMILES string of the molecule is C=C(CC)C(=O)OCCCCCC.C=CC=CC=CC#N. The van der Waals surface area contributed by atoms with Crippen LogP contribution in [0.1, 0.15) is 46.0 Å². The lowest BCUT2D eigenvalue weighted by atomic mass is 10.2. The van der Waals surface area contributed by atoms with Gasteiger partial charge >= 0.3 is 5.97 Å². The average molecular weight is 289 g/mol. The van der Waals surface area contributed by atoms with Crippen molar-refractivity contribution in [2.75, 3.05) is 6.61 Å². The molecule has 0 spiro atoms. The van der Waals surface area contributed by atoms with E-state index in [2.05, 4.69) is 20.1 Å². The van der Waals surface area contributed by atoms with Crippen molar-refractivity contribution in [3.63, 3.8) is 0 Å². The van der Waals surface area contributed by atoms with E-state index in [-0.39, 0.29) is 5.97 Å². The maximum atomic E-state index is 11.1. The quantitative estimate of drug-likeness (QED) is 0.200. The first kappa shape index (κ1) is 21.2. The molecular weight excluding hydrogens is 262 g/mol. The largest absolute Gasteiger partial charge is 0.462 e. The van der Waals surface area contributed by atoms with E-state index >= 15 is 0 Å². The fourth-order valence-electron chi connectivity index (χ4n) is 1.18. The number of nitriles is 1. The second kappa shape index (κ2) is 17.9. The van der Waals surface area contributed by atoms with Crippen LogP contribution in [0.25, 0.3) is 0 Å². The Bertz CT molecular complexity index is 387. The van der Waals surface area contributed by atoms with Crippen LogP contribution in [-0.4, -0.2) is 12.6 Å². The molecule has 3 nitrogen and oxygen atoms in total. The second-order valence-corrected chi connectivity index (χ2v) is 4.26. The molecule has 0 saturated heterocycles. The predicted octanol–water partition coefficient (Wildman–Crippen LogP) is 4.88. The van der Waals surface area contributed by atoms with Gasteiger partial charge in [-0.25, -0.2) is 4.79 Å². The Balaban J connectivity index is 0. The van der Waals surface area contributed by atoms with Gasteiger partial charge in [-0.15, -0.1) is 0 Å². The van der Waals surface area contributed by atoms with Crippen molar-refractivity contribution in [3.05, 3.63) is 49.1 Å². The van der Waals surface area contributed by atoms with Crippen molar-refractivity contribution in [1.82, 2.24) is 0 Å². The van der Waals surface area contributed by atoms with Gasteiger partial charge in [0.25, 0.3) is 0 Å². The molecule has 0 fully saturated rings. The highest BCUT2D eigenvalue weighted by Gasteiger charge is 2.04. The number of rotatable bonds is 9. The van der Waals surface area contributed by atoms with E-state index in [0.29, 0.717) is 18.6 Å². The number of hydrogen-bond donors (Lipinski definition) is 0. The van der Waals surface area contributed by atoms with Gasteiger partial charge in [0.15, 0.2) is 0 Å². The third kappa shape index (κ3) is 17.9. The zero-order valence-corrected chi connectivity index (χ0v) is 13.3. The fraction of sp³-hybridized carbons (Fsp3) is 0.444. The van der Waals surface area contributed by atoms with E-state index in [1.807, 2.05) is 13.0 Å². The van der Waals surface area contributed by atoms with Crippen LogP contribution in [0, 0.1) is 11.3 Å². The number of nitrogens with zero attached hydrogens (tertiary/aromatic N) is 1. The summed E-state index contributed by atoms with van der Waals surface area (Å²) in [4.78, 5) is 11.1. The minimum atomic E-state index is -0.237. The number of ether oxygens (including phenoxy) is 1. The first-order chi connectivity index (χ1) is 10.1. The number of carbonyl (C=O) groups excluding carboxylic acids is 1. The molecule has 0 amide bonds. The molecule has 0 rings (SSSR count). The van der Waals surface area contributed by atoms with Crippen LogP contribution in [0.3, 0.4) is 0 Å². The zero-order chi connectivity index (χ0) is 16.3. The molecule has 0 N–H and O–H groups in total. The molecule has 116 valence electrons. The lowest BCUT2D eigenvalue weighted by Gasteiger charge is -2.04. The third-order valence-electron chi connectivity index (χ3n) is 2.48. The maximum Gasteiger partial charge on any atom is 0.333 e. The molecule has 3 heteroatoms. The van der Waals surface area contributed by atoms with Gasteiger partial charge in [0, 0.05) is 11.6 Å². The molecule has 0 atom stereocenters. The summed E-state index contributed by atoms with van der Waals surface area (Å²) in [6.45, 7) is 11.7. The molecule has 0 aromatic carbocycles. The zero-order valence-electron chi connectivity index (χ0n) is 13.3. The summed E-state index contributed by atoms with van der Waals surface area (Å²) in [5.41, 5.74) is 0.565. The minimum Gasteiger partial charge on any atom is -0.462 e. The highest BCUT2D eigenvalue weighted by Crippen LogP contribution is 2.03. The van der Waals surface area contributed by atoms with Gasteiger partial charge in [0.2, 0.25) is 0 Å². The maximum absolute atomic E-state index is 11.1. The highest BCUT2D eigenvalue weighted by atomic mass is 16.5. The summed E-state index contributed by atoms with van der Waals surface area (Å²) in [6.07, 6.45) is 13.4. The minimum absolute atomic E-state index is 0.237. The van der Waals surface area contributed by atoms with Crippen molar-refractivity contribution >= 4 is 5.97 Å². The van der Waals surface area contributed by atoms with Crippen LogP contribution in [-0.2, 0) is 9.53 Å². The molecule has 0 aromatic rings. The second-order valence-electron chi connectivity index (χ2n) is 4.26. The van der Waals surface area contributed by atoms with Crippen molar-refractivity contribution in [2.45, 2.75) is 46.0 Å². The predicted molar refractivity (Wildman–Crippen MR) is 88.6 cm³/mol. The number of esters is 1. The Hall–Kier alpha value is -2.08. The van der Waals surface area contributed by atoms with E-state index in [4.69, 9.17) is 10.00 Å². The summed E-state index contributed by atoms with van der Waals surface area (Å²) in [7, 11) is 0. The van der Waals surface area contributed by atoms with Gasteiger partial charge in [0.05, 0.1) is 12.7 Å². The van der Waals surface area contributed by atoms with Gasteiger partial charge in [-0.1, -0.05) is 70.6 Å². The van der Waals surface area contributed by atoms with Crippen molar-refractivity contribution in [1.29, 1.82) is 5.26 Å². The lowest BCUT2D eigenvalue weighted by Crippen LogP contribution is -2.07. The summed E-state index contributed by atoms with van der Waals surface area (Å²) in [5, 5.41) is 7.97. The number of hydrogen-bond acceptors (Lipinski definition) is 3. The smallest absolute Gasteiger partial charge is 0.333 e. The van der Waals surface area contributed by atoms with E-state index < -0.39 is 0 Å². The average Bonchev–Trinajstić information content (AvgIpc) is 2.51. The summed E-state index contributed by atoms with van der Waals surface area (Å²) in [5.74, 6) is -0.237. The Morgan fingerprint density at radius 3 is 2.43 bits per heavy atom. The van der Waals surface area contributed by atoms with Gasteiger partial charge in [-0.3, -0.25) is 0 Å². The topological polar surface area (TPSA) is 50.1 Å². The van der Waals surface area contributed by atoms with E-state index in [9.17, 15) is 4.79 Å². The number of allylic oxidation sites excluding steroid dienone is 5. The van der Waals surface area contributed by atoms with Crippen molar-refractivity contribution < 1.29 is 9.53 Å². The standard InChI is InChI=1S/C11H20O2.C7H7N/c1-4-6-7-8-9-13-11(12)10(3)5-2;1-2-3-4-5-6-7-8/h3-9H2,1-2H3;2-6H,1H2. The van der Waals surface area contributed by atoms with Gasteiger partial charge in [-0.2, -0.15) is 5.26 Å². The van der Waals surface area contributed by atoms with E-state index in [0.717, 1.165) is 12.8 Å². The molecule has 0 radical (unpaired) electrons. The molecule has 0 aliphatic rings. The molecular formula is C18H27NO2. The molecule has 0 unspecified atom stereocenters. The Labute approximate surface area is 129 Å². The molecule has 0 saturated carbocycles. The summed E-state index contributed by atoms with van der Waals surface area (Å²) >= 11 is 0. The lowest BCUT2D eigenvalue weighted by molar-refractivity contribution is -0.139. The molecule has 0 aliphatic heterocycles. The van der Waals surface area contributed by atoms with Crippen LogP contribution < -0.4 is 0 Å². The first-order valence-corrected chi connectivity index (χ1v) is 7.32. The normalized spacial score (nSPS) is 9.76. The van der Waals surface area contributed by atoms with Crippen LogP contribution in [0.4, 0.5) is 0 Å². The number of carbonyl (C=O) groups is 1.